The molecule has 1 fully saturated rings. The molecule has 0 radical (unpaired) electrons. The number of halogens is 2. The van der Waals surface area contributed by atoms with Crippen LogP contribution in [0.2, 0.25) is 0 Å². The molecule has 25 heavy (non-hydrogen) atoms. The van der Waals surface area contributed by atoms with E-state index in [2.05, 4.69) is 44.9 Å². The molecule has 0 saturated carbocycles. The average Bonchev–Trinajstić information content (AvgIpc) is 2.61. The summed E-state index contributed by atoms with van der Waals surface area (Å²) in [5, 5.41) is 0. The Hall–Kier alpha value is -1.72. The van der Waals surface area contributed by atoms with Gasteiger partial charge in [-0.05, 0) is 64.2 Å². The van der Waals surface area contributed by atoms with Crippen LogP contribution < -0.4 is 0 Å². The largest absolute Gasteiger partial charge is 0.378 e. The fourth-order valence-corrected chi connectivity index (χ4v) is 3.32. The molecule has 3 rings (SSSR count). The van der Waals surface area contributed by atoms with E-state index in [0.29, 0.717) is 16.5 Å². The molecule has 0 aliphatic carbocycles. The van der Waals surface area contributed by atoms with Gasteiger partial charge in [0.2, 0.25) is 0 Å². The van der Waals surface area contributed by atoms with Gasteiger partial charge in [-0.1, -0.05) is 18.2 Å². The van der Waals surface area contributed by atoms with Crippen molar-refractivity contribution in [3.05, 3.63) is 62.9 Å². The van der Waals surface area contributed by atoms with Crippen molar-refractivity contribution in [1.82, 2.24) is 4.90 Å². The topological polar surface area (TPSA) is 24.8 Å². The molecule has 5 heteroatoms. The lowest BCUT2D eigenvalue weighted by molar-refractivity contribution is 0.0701. The van der Waals surface area contributed by atoms with Gasteiger partial charge in [0.1, 0.15) is 5.82 Å². The zero-order valence-electron chi connectivity index (χ0n) is 14.6. The SMILES string of the molecule is Cc1cc(/N=C/N2CCOCC2)c(C)cc1Cc1cccc(Br)c1F. The Morgan fingerprint density at radius 3 is 2.68 bits per heavy atom. The Kier molecular flexibility index (Phi) is 5.86. The molecule has 2 aromatic carbocycles. The summed E-state index contributed by atoms with van der Waals surface area (Å²) in [7, 11) is 0. The van der Waals surface area contributed by atoms with Crippen molar-refractivity contribution >= 4 is 28.0 Å². The minimum atomic E-state index is -0.186. The standard InChI is InChI=1S/C20H22BrFN2O/c1-14-11-19(23-13-24-6-8-25-9-7-24)15(2)10-17(14)12-16-4-3-5-18(21)20(16)22/h3-5,10-11,13H,6-9,12H2,1-2H3/b23-13+. The number of hydrogen-bond acceptors (Lipinski definition) is 2. The minimum absolute atomic E-state index is 0.186. The molecule has 1 aliphatic heterocycles. The molecule has 0 atom stereocenters. The smallest absolute Gasteiger partial charge is 0.140 e. The number of aryl methyl sites for hydroxylation is 2. The zero-order valence-corrected chi connectivity index (χ0v) is 16.1. The predicted molar refractivity (Wildman–Crippen MR) is 103 cm³/mol. The highest BCUT2D eigenvalue weighted by Crippen LogP contribution is 2.27. The maximum atomic E-state index is 14.2. The van der Waals surface area contributed by atoms with Crippen LogP contribution in [0.3, 0.4) is 0 Å². The van der Waals surface area contributed by atoms with Crippen molar-refractivity contribution in [2.75, 3.05) is 26.3 Å². The van der Waals surface area contributed by atoms with Gasteiger partial charge < -0.3 is 9.64 Å². The molecule has 2 aromatic rings. The molecule has 0 bridgehead atoms. The van der Waals surface area contributed by atoms with Gasteiger partial charge in [-0.25, -0.2) is 9.38 Å². The lowest BCUT2D eigenvalue weighted by Crippen LogP contribution is -2.35. The second kappa shape index (κ2) is 8.11. The van der Waals surface area contributed by atoms with Crippen LogP contribution in [0.25, 0.3) is 0 Å². The Labute approximate surface area is 156 Å². The Morgan fingerprint density at radius 1 is 1.16 bits per heavy atom. The Bertz CT molecular complexity index is 786. The normalized spacial score (nSPS) is 15.1. The molecule has 0 unspecified atom stereocenters. The molecule has 1 heterocycles. The Morgan fingerprint density at radius 2 is 1.92 bits per heavy atom. The summed E-state index contributed by atoms with van der Waals surface area (Å²) in [5.74, 6) is -0.186. The first-order chi connectivity index (χ1) is 12.0. The lowest BCUT2D eigenvalue weighted by atomic mass is 9.97. The molecule has 0 N–H and O–H groups in total. The first kappa shape index (κ1) is 18.1. The zero-order chi connectivity index (χ0) is 17.8. The summed E-state index contributed by atoms with van der Waals surface area (Å²) in [5.41, 5.74) is 5.00. The monoisotopic (exact) mass is 404 g/mol. The van der Waals surface area contributed by atoms with Crippen LogP contribution in [0.5, 0.6) is 0 Å². The summed E-state index contributed by atoms with van der Waals surface area (Å²) < 4.78 is 20.1. The lowest BCUT2D eigenvalue weighted by Gasteiger charge is -2.24. The number of aliphatic imine (C=N–C) groups is 1. The highest BCUT2D eigenvalue weighted by molar-refractivity contribution is 9.10. The number of nitrogens with zero attached hydrogens (tertiary/aromatic N) is 2. The molecule has 0 spiro atoms. The van der Waals surface area contributed by atoms with E-state index in [4.69, 9.17) is 4.74 Å². The highest BCUT2D eigenvalue weighted by Gasteiger charge is 2.11. The van der Waals surface area contributed by atoms with E-state index < -0.39 is 0 Å². The molecule has 3 nitrogen and oxygen atoms in total. The van der Waals surface area contributed by atoms with Crippen LogP contribution >= 0.6 is 15.9 Å². The maximum Gasteiger partial charge on any atom is 0.140 e. The number of ether oxygens (including phenoxy) is 1. The second-order valence-corrected chi connectivity index (χ2v) is 7.20. The molecule has 0 amide bonds. The van der Waals surface area contributed by atoms with E-state index in [-0.39, 0.29) is 5.82 Å². The molecule has 132 valence electrons. The third-order valence-electron chi connectivity index (χ3n) is 4.47. The Balaban J connectivity index is 1.80. The third-order valence-corrected chi connectivity index (χ3v) is 5.09. The molecule has 1 aliphatic rings. The van der Waals surface area contributed by atoms with Crippen LogP contribution in [-0.4, -0.2) is 37.5 Å². The van der Waals surface area contributed by atoms with Gasteiger partial charge in [-0.3, -0.25) is 0 Å². The first-order valence-electron chi connectivity index (χ1n) is 8.43. The van der Waals surface area contributed by atoms with Crippen LogP contribution in [0.15, 0.2) is 39.8 Å². The van der Waals surface area contributed by atoms with Gasteiger partial charge in [-0.15, -0.1) is 0 Å². The molecule has 0 aromatic heterocycles. The van der Waals surface area contributed by atoms with Gasteiger partial charge in [0.05, 0.1) is 29.7 Å². The van der Waals surface area contributed by atoms with Crippen molar-refractivity contribution in [2.24, 2.45) is 4.99 Å². The van der Waals surface area contributed by atoms with Crippen LogP contribution in [-0.2, 0) is 11.2 Å². The molecular weight excluding hydrogens is 383 g/mol. The number of rotatable bonds is 4. The predicted octanol–water partition coefficient (Wildman–Crippen LogP) is 4.79. The summed E-state index contributed by atoms with van der Waals surface area (Å²) >= 11 is 3.25. The fraction of sp³-hybridized carbons (Fsp3) is 0.350. The quantitative estimate of drug-likeness (QED) is 0.540. The number of morpholine rings is 1. The van der Waals surface area contributed by atoms with Crippen LogP contribution in [0.1, 0.15) is 22.3 Å². The summed E-state index contributed by atoms with van der Waals surface area (Å²) in [6.07, 6.45) is 2.48. The third kappa shape index (κ3) is 4.47. The molecule has 1 saturated heterocycles. The minimum Gasteiger partial charge on any atom is -0.378 e. The van der Waals surface area contributed by atoms with Gasteiger partial charge in [0, 0.05) is 19.5 Å². The van der Waals surface area contributed by atoms with Gasteiger partial charge in [0.15, 0.2) is 0 Å². The van der Waals surface area contributed by atoms with Crippen LogP contribution in [0.4, 0.5) is 10.1 Å². The summed E-state index contributed by atoms with van der Waals surface area (Å²) in [6, 6.07) is 9.62. The highest BCUT2D eigenvalue weighted by atomic mass is 79.9. The fourth-order valence-electron chi connectivity index (χ4n) is 2.92. The van der Waals surface area contributed by atoms with Gasteiger partial charge >= 0.3 is 0 Å². The van der Waals surface area contributed by atoms with Gasteiger partial charge in [0.25, 0.3) is 0 Å². The van der Waals surface area contributed by atoms with E-state index >= 15 is 0 Å². The van der Waals surface area contributed by atoms with E-state index in [1.165, 1.54) is 0 Å². The van der Waals surface area contributed by atoms with Crippen molar-refractivity contribution < 1.29 is 9.13 Å². The van der Waals surface area contributed by atoms with Crippen molar-refractivity contribution in [1.29, 1.82) is 0 Å². The average molecular weight is 405 g/mol. The van der Waals surface area contributed by atoms with E-state index in [1.54, 1.807) is 6.07 Å². The van der Waals surface area contributed by atoms with Crippen LogP contribution in [0, 0.1) is 19.7 Å². The van der Waals surface area contributed by atoms with Crippen molar-refractivity contribution in [3.63, 3.8) is 0 Å². The number of hydrogen-bond donors (Lipinski definition) is 0. The maximum absolute atomic E-state index is 14.2. The van der Waals surface area contributed by atoms with Gasteiger partial charge in [-0.2, -0.15) is 0 Å². The van der Waals surface area contributed by atoms with Crippen molar-refractivity contribution in [2.45, 2.75) is 20.3 Å². The number of benzene rings is 2. The summed E-state index contributed by atoms with van der Waals surface area (Å²) in [6.45, 7) is 7.36. The van der Waals surface area contributed by atoms with E-state index in [1.807, 2.05) is 25.4 Å². The van der Waals surface area contributed by atoms with E-state index in [9.17, 15) is 4.39 Å². The van der Waals surface area contributed by atoms with E-state index in [0.717, 1.165) is 48.7 Å². The van der Waals surface area contributed by atoms with Crippen molar-refractivity contribution in [3.8, 4) is 0 Å². The molecular formula is C20H22BrFN2O. The summed E-state index contributed by atoms with van der Waals surface area (Å²) in [4.78, 5) is 6.80. The first-order valence-corrected chi connectivity index (χ1v) is 9.23. The second-order valence-electron chi connectivity index (χ2n) is 6.35.